The summed E-state index contributed by atoms with van der Waals surface area (Å²) in [6.07, 6.45) is 8.17. The van der Waals surface area contributed by atoms with Crippen LogP contribution in [0, 0.1) is 11.3 Å². The summed E-state index contributed by atoms with van der Waals surface area (Å²) in [4.78, 5) is 11.6. The zero-order valence-corrected chi connectivity index (χ0v) is 18.9. The van der Waals surface area contributed by atoms with Crippen molar-refractivity contribution in [2.75, 3.05) is 5.43 Å². The molecule has 1 N–H and O–H groups in total. The highest BCUT2D eigenvalue weighted by atomic mass is 79.9. The van der Waals surface area contributed by atoms with Crippen LogP contribution in [-0.2, 0) is 12.8 Å². The number of hydrogen-bond acceptors (Lipinski definition) is 5. The summed E-state index contributed by atoms with van der Waals surface area (Å²) in [5, 5.41) is 5.59. The van der Waals surface area contributed by atoms with Gasteiger partial charge in [-0.2, -0.15) is 5.10 Å². The van der Waals surface area contributed by atoms with E-state index >= 15 is 0 Å². The molecule has 2 aromatic heterocycles. The lowest BCUT2D eigenvalue weighted by atomic mass is 9.69. The molecule has 0 saturated carbocycles. The molecule has 3 aromatic rings. The average Bonchev–Trinajstić information content (AvgIpc) is 3.06. The van der Waals surface area contributed by atoms with E-state index < -0.39 is 0 Å². The zero-order valence-electron chi connectivity index (χ0n) is 16.5. The number of thiophene rings is 1. The molecule has 0 spiro atoms. The number of aryl methyl sites for hydroxylation is 1. The minimum atomic E-state index is 0.355. The molecule has 0 bridgehead atoms. The third-order valence-electron chi connectivity index (χ3n) is 6.09. The lowest BCUT2D eigenvalue weighted by Gasteiger charge is -2.36. The predicted octanol–water partition coefficient (Wildman–Crippen LogP) is 6.44. The molecule has 1 aliphatic rings. The minimum absolute atomic E-state index is 0.355. The summed E-state index contributed by atoms with van der Waals surface area (Å²) >= 11 is 5.31. The Morgan fingerprint density at radius 1 is 1.36 bits per heavy atom. The maximum atomic E-state index is 4.54. The topological polar surface area (TPSA) is 50.2 Å². The second-order valence-corrected chi connectivity index (χ2v) is 10.1. The summed E-state index contributed by atoms with van der Waals surface area (Å²) in [5.74, 6) is 1.50. The number of nitrogens with one attached hydrogen (secondary N) is 1. The predicted molar refractivity (Wildman–Crippen MR) is 122 cm³/mol. The van der Waals surface area contributed by atoms with Crippen LogP contribution >= 0.6 is 27.3 Å². The molecule has 0 saturated heterocycles. The van der Waals surface area contributed by atoms with E-state index in [1.807, 2.05) is 41.8 Å². The van der Waals surface area contributed by atoms with Crippen LogP contribution in [0.1, 0.15) is 49.6 Å². The number of aromatic nitrogens is 2. The quantitative estimate of drug-likeness (QED) is 0.354. The molecule has 0 fully saturated rings. The third kappa shape index (κ3) is 3.85. The number of rotatable bonds is 5. The van der Waals surface area contributed by atoms with Crippen molar-refractivity contribution in [3.63, 3.8) is 0 Å². The van der Waals surface area contributed by atoms with Crippen LogP contribution in [0.15, 0.2) is 40.2 Å². The van der Waals surface area contributed by atoms with Crippen molar-refractivity contribution in [2.45, 2.75) is 46.5 Å². The molecule has 146 valence electrons. The fourth-order valence-electron chi connectivity index (χ4n) is 3.90. The first-order chi connectivity index (χ1) is 13.5. The molecule has 4 rings (SSSR count). The van der Waals surface area contributed by atoms with Crippen LogP contribution in [0.3, 0.4) is 0 Å². The Morgan fingerprint density at radius 2 is 2.21 bits per heavy atom. The third-order valence-corrected chi connectivity index (χ3v) is 7.78. The maximum absolute atomic E-state index is 4.54. The molecule has 2 heterocycles. The van der Waals surface area contributed by atoms with Gasteiger partial charge in [0.2, 0.25) is 0 Å². The molecule has 1 unspecified atom stereocenters. The molecule has 6 heteroatoms. The number of hydrogen-bond donors (Lipinski definition) is 1. The van der Waals surface area contributed by atoms with Gasteiger partial charge in [-0.1, -0.05) is 55.3 Å². The van der Waals surface area contributed by atoms with Crippen molar-refractivity contribution < 1.29 is 0 Å². The van der Waals surface area contributed by atoms with E-state index in [1.54, 1.807) is 6.33 Å². The molecule has 1 aromatic carbocycles. The van der Waals surface area contributed by atoms with Gasteiger partial charge in [0.05, 0.1) is 11.6 Å². The standard InChI is InChI=1S/C22H25BrN4S/c1-4-22(2,3)15-8-9-18-17(11-15)19-20(24-13-25-21(19)28-18)27-26-12-14-6-5-7-16(23)10-14/h5-7,10,12-13,15H,4,8-9,11H2,1-3H3,(H,24,25,27)/b26-12+. The second-order valence-electron chi connectivity index (χ2n) is 8.11. The summed E-state index contributed by atoms with van der Waals surface area (Å²) in [6.45, 7) is 7.10. The molecule has 0 amide bonds. The smallest absolute Gasteiger partial charge is 0.158 e. The second kappa shape index (κ2) is 7.91. The number of anilines is 1. The Morgan fingerprint density at radius 3 is 3.00 bits per heavy atom. The van der Waals surface area contributed by atoms with E-state index in [-0.39, 0.29) is 0 Å². The van der Waals surface area contributed by atoms with E-state index in [0.717, 1.165) is 38.9 Å². The lowest BCUT2D eigenvalue weighted by molar-refractivity contribution is 0.184. The molecular weight excluding hydrogens is 432 g/mol. The number of nitrogens with zero attached hydrogens (tertiary/aromatic N) is 3. The van der Waals surface area contributed by atoms with E-state index in [9.17, 15) is 0 Å². The molecule has 1 atom stereocenters. The fraction of sp³-hybridized carbons (Fsp3) is 0.409. The SMILES string of the molecule is CCC(C)(C)C1CCc2sc3ncnc(N/N=C/c4cccc(Br)c4)c3c2C1. The summed E-state index contributed by atoms with van der Waals surface area (Å²) in [6, 6.07) is 8.06. The summed E-state index contributed by atoms with van der Waals surface area (Å²) < 4.78 is 1.04. The summed E-state index contributed by atoms with van der Waals surface area (Å²) in [5.41, 5.74) is 5.99. The first-order valence-corrected chi connectivity index (χ1v) is 11.4. The van der Waals surface area contributed by atoms with Crippen molar-refractivity contribution in [1.29, 1.82) is 0 Å². The average molecular weight is 457 g/mol. The maximum Gasteiger partial charge on any atom is 0.158 e. The van der Waals surface area contributed by atoms with Crippen LogP contribution in [-0.4, -0.2) is 16.2 Å². The van der Waals surface area contributed by atoms with Crippen molar-refractivity contribution in [3.8, 4) is 0 Å². The van der Waals surface area contributed by atoms with Crippen molar-refractivity contribution in [3.05, 3.63) is 51.1 Å². The highest BCUT2D eigenvalue weighted by molar-refractivity contribution is 9.10. The van der Waals surface area contributed by atoms with Gasteiger partial charge in [-0.3, -0.25) is 5.43 Å². The van der Waals surface area contributed by atoms with Gasteiger partial charge in [-0.15, -0.1) is 11.3 Å². The Kier molecular flexibility index (Phi) is 5.52. The van der Waals surface area contributed by atoms with Crippen molar-refractivity contribution in [2.24, 2.45) is 16.4 Å². The highest BCUT2D eigenvalue weighted by Gasteiger charge is 2.33. The fourth-order valence-corrected chi connectivity index (χ4v) is 5.50. The van der Waals surface area contributed by atoms with Gasteiger partial charge in [0.25, 0.3) is 0 Å². The normalized spacial score (nSPS) is 17.2. The largest absolute Gasteiger partial charge is 0.261 e. The van der Waals surface area contributed by atoms with E-state index in [4.69, 9.17) is 0 Å². The molecule has 28 heavy (non-hydrogen) atoms. The van der Waals surface area contributed by atoms with Gasteiger partial charge in [0.1, 0.15) is 11.2 Å². The Labute approximate surface area is 178 Å². The van der Waals surface area contributed by atoms with E-state index in [0.29, 0.717) is 11.3 Å². The van der Waals surface area contributed by atoms with Gasteiger partial charge < -0.3 is 0 Å². The molecule has 4 nitrogen and oxygen atoms in total. The molecule has 0 radical (unpaired) electrons. The number of halogens is 1. The van der Waals surface area contributed by atoms with Gasteiger partial charge in [0, 0.05) is 9.35 Å². The first-order valence-electron chi connectivity index (χ1n) is 9.78. The lowest BCUT2D eigenvalue weighted by Crippen LogP contribution is -2.28. The Bertz CT molecular complexity index is 1020. The van der Waals surface area contributed by atoms with Crippen LogP contribution in [0.25, 0.3) is 10.2 Å². The molecule has 0 aliphatic heterocycles. The van der Waals surface area contributed by atoms with Crippen LogP contribution in [0.2, 0.25) is 0 Å². The molecular formula is C22H25BrN4S. The molecule has 1 aliphatic carbocycles. The van der Waals surface area contributed by atoms with E-state index in [1.165, 1.54) is 23.3 Å². The van der Waals surface area contributed by atoms with Gasteiger partial charge in [-0.25, -0.2) is 9.97 Å². The zero-order chi connectivity index (χ0) is 19.7. The highest BCUT2D eigenvalue weighted by Crippen LogP contribution is 2.45. The van der Waals surface area contributed by atoms with Crippen LogP contribution in [0.5, 0.6) is 0 Å². The van der Waals surface area contributed by atoms with Crippen LogP contribution in [0.4, 0.5) is 5.82 Å². The monoisotopic (exact) mass is 456 g/mol. The van der Waals surface area contributed by atoms with Crippen molar-refractivity contribution in [1.82, 2.24) is 9.97 Å². The van der Waals surface area contributed by atoms with E-state index in [2.05, 4.69) is 57.2 Å². The minimum Gasteiger partial charge on any atom is -0.261 e. The Hall–Kier alpha value is -1.79. The van der Waals surface area contributed by atoms with Gasteiger partial charge in [-0.05, 0) is 53.9 Å². The Balaban J connectivity index is 1.64. The van der Waals surface area contributed by atoms with Crippen molar-refractivity contribution >= 4 is 49.5 Å². The number of benzene rings is 1. The summed E-state index contributed by atoms with van der Waals surface area (Å²) in [7, 11) is 0. The first kappa shape index (κ1) is 19.5. The van der Waals surface area contributed by atoms with Gasteiger partial charge >= 0.3 is 0 Å². The van der Waals surface area contributed by atoms with Crippen LogP contribution < -0.4 is 5.43 Å². The number of fused-ring (bicyclic) bond motifs is 3. The van der Waals surface area contributed by atoms with Gasteiger partial charge in [0.15, 0.2) is 5.82 Å². The number of hydrazone groups is 1.